The largest absolute Gasteiger partial charge is 0.333 e. The summed E-state index contributed by atoms with van der Waals surface area (Å²) < 4.78 is 40.6. The SMILES string of the molecule is Cc1c(F)cccc1[C@]1(C(=O)NO)CC[C@@H](c2ccc3cn(C(F)F)nc3c2)C1. The highest BCUT2D eigenvalue weighted by Crippen LogP contribution is 2.50. The Balaban J connectivity index is 1.72. The molecular formula is C21H20F3N3O2. The molecule has 1 aliphatic carbocycles. The van der Waals surface area contributed by atoms with Crippen LogP contribution in [0.3, 0.4) is 0 Å². The molecule has 0 unspecified atom stereocenters. The van der Waals surface area contributed by atoms with Crippen molar-refractivity contribution in [1.82, 2.24) is 15.3 Å². The zero-order chi connectivity index (χ0) is 20.8. The Morgan fingerprint density at radius 2 is 2.14 bits per heavy atom. The zero-order valence-electron chi connectivity index (χ0n) is 15.7. The lowest BCUT2D eigenvalue weighted by atomic mass is 9.75. The number of amides is 1. The van der Waals surface area contributed by atoms with Crippen LogP contribution in [-0.2, 0) is 10.2 Å². The number of rotatable bonds is 4. The van der Waals surface area contributed by atoms with Gasteiger partial charge in [-0.3, -0.25) is 10.0 Å². The second-order valence-corrected chi connectivity index (χ2v) is 7.58. The molecule has 0 saturated heterocycles. The lowest BCUT2D eigenvalue weighted by Crippen LogP contribution is -2.42. The van der Waals surface area contributed by atoms with Crippen LogP contribution in [0.25, 0.3) is 10.9 Å². The molecule has 29 heavy (non-hydrogen) atoms. The van der Waals surface area contributed by atoms with Gasteiger partial charge in [0.15, 0.2) is 0 Å². The highest BCUT2D eigenvalue weighted by molar-refractivity contribution is 5.88. The number of aromatic nitrogens is 2. The molecule has 1 aromatic heterocycles. The Morgan fingerprint density at radius 1 is 1.34 bits per heavy atom. The average molecular weight is 403 g/mol. The molecule has 2 N–H and O–H groups in total. The molecule has 1 saturated carbocycles. The number of alkyl halides is 2. The number of nitrogens with zero attached hydrogens (tertiary/aromatic N) is 2. The first-order chi connectivity index (χ1) is 13.9. The first-order valence-electron chi connectivity index (χ1n) is 9.33. The van der Waals surface area contributed by atoms with Crippen molar-refractivity contribution < 1.29 is 23.2 Å². The van der Waals surface area contributed by atoms with Crippen molar-refractivity contribution >= 4 is 16.8 Å². The van der Waals surface area contributed by atoms with E-state index < -0.39 is 23.7 Å². The summed E-state index contributed by atoms with van der Waals surface area (Å²) in [5.74, 6) is -1.04. The molecule has 152 valence electrons. The molecule has 2 aromatic carbocycles. The zero-order valence-corrected chi connectivity index (χ0v) is 15.7. The smallest absolute Gasteiger partial charge is 0.289 e. The van der Waals surface area contributed by atoms with E-state index in [-0.39, 0.29) is 5.92 Å². The first kappa shape index (κ1) is 19.4. The molecule has 1 fully saturated rings. The molecule has 1 amide bonds. The van der Waals surface area contributed by atoms with E-state index in [1.54, 1.807) is 36.7 Å². The summed E-state index contributed by atoms with van der Waals surface area (Å²) in [6.07, 6.45) is 2.71. The number of carbonyl (C=O) groups excluding carboxylic acids is 1. The number of hydrogen-bond donors (Lipinski definition) is 2. The van der Waals surface area contributed by atoms with Crippen molar-refractivity contribution in [2.45, 2.75) is 44.1 Å². The van der Waals surface area contributed by atoms with Crippen molar-refractivity contribution in [3.63, 3.8) is 0 Å². The van der Waals surface area contributed by atoms with Crippen molar-refractivity contribution in [2.75, 3.05) is 0 Å². The maximum atomic E-state index is 14.2. The Labute approximate surface area is 165 Å². The summed E-state index contributed by atoms with van der Waals surface area (Å²) in [5, 5.41) is 13.9. The number of hydrogen-bond acceptors (Lipinski definition) is 3. The third kappa shape index (κ3) is 3.17. The van der Waals surface area contributed by atoms with Crippen molar-refractivity contribution in [3.8, 4) is 0 Å². The van der Waals surface area contributed by atoms with Gasteiger partial charge in [-0.25, -0.2) is 14.6 Å². The van der Waals surface area contributed by atoms with E-state index >= 15 is 0 Å². The van der Waals surface area contributed by atoms with Crippen LogP contribution in [0.4, 0.5) is 13.2 Å². The summed E-state index contributed by atoms with van der Waals surface area (Å²) in [5.41, 5.74) is 2.94. The Kier molecular flexibility index (Phi) is 4.82. The predicted molar refractivity (Wildman–Crippen MR) is 100 cm³/mol. The van der Waals surface area contributed by atoms with E-state index in [1.807, 2.05) is 6.07 Å². The van der Waals surface area contributed by atoms with E-state index in [0.717, 1.165) is 5.56 Å². The second-order valence-electron chi connectivity index (χ2n) is 7.58. The standard InChI is InChI=1S/C21H20F3N3O2/c1-12-16(3-2-4-17(12)22)21(19(28)26-29)8-7-14(10-21)13-5-6-15-11-27(20(23)24)25-18(15)9-13/h2-6,9,11,14,20,29H,7-8,10H2,1H3,(H,26,28)/t14-,21+/m1/s1. The van der Waals surface area contributed by atoms with Crippen LogP contribution in [0.5, 0.6) is 0 Å². The normalized spacial score (nSPS) is 21.8. The molecule has 3 aromatic rings. The summed E-state index contributed by atoms with van der Waals surface area (Å²) in [6.45, 7) is -1.10. The lowest BCUT2D eigenvalue weighted by molar-refractivity contribution is -0.135. The maximum Gasteiger partial charge on any atom is 0.333 e. The van der Waals surface area contributed by atoms with Gasteiger partial charge in [-0.15, -0.1) is 0 Å². The van der Waals surface area contributed by atoms with Crippen LogP contribution >= 0.6 is 0 Å². The van der Waals surface area contributed by atoms with Gasteiger partial charge in [-0.2, -0.15) is 13.9 Å². The van der Waals surface area contributed by atoms with E-state index in [9.17, 15) is 23.2 Å². The molecule has 0 aliphatic heterocycles. The quantitative estimate of drug-likeness (QED) is 0.495. The molecule has 0 spiro atoms. The number of carbonyl (C=O) groups is 1. The van der Waals surface area contributed by atoms with E-state index in [0.29, 0.717) is 46.0 Å². The van der Waals surface area contributed by atoms with Gasteiger partial charge >= 0.3 is 6.55 Å². The van der Waals surface area contributed by atoms with Crippen LogP contribution in [-0.4, -0.2) is 20.9 Å². The molecular weight excluding hydrogens is 383 g/mol. The van der Waals surface area contributed by atoms with Gasteiger partial charge in [-0.05, 0) is 60.9 Å². The van der Waals surface area contributed by atoms with Crippen LogP contribution in [0.1, 0.15) is 48.4 Å². The molecule has 2 atom stereocenters. The minimum absolute atomic E-state index is 0.0592. The fourth-order valence-electron chi connectivity index (χ4n) is 4.54. The summed E-state index contributed by atoms with van der Waals surface area (Å²) in [6, 6.07) is 9.93. The molecule has 0 bridgehead atoms. The Bertz CT molecular complexity index is 1080. The highest BCUT2D eigenvalue weighted by atomic mass is 19.3. The monoisotopic (exact) mass is 403 g/mol. The number of halogens is 3. The van der Waals surface area contributed by atoms with Crippen LogP contribution < -0.4 is 5.48 Å². The molecule has 1 aliphatic rings. The topological polar surface area (TPSA) is 67.2 Å². The van der Waals surface area contributed by atoms with Crippen molar-refractivity contribution in [2.24, 2.45) is 0 Å². The van der Waals surface area contributed by atoms with Gasteiger partial charge in [0.25, 0.3) is 5.91 Å². The van der Waals surface area contributed by atoms with Crippen LogP contribution in [0, 0.1) is 12.7 Å². The Hall–Kier alpha value is -2.87. The number of hydroxylamine groups is 1. The highest BCUT2D eigenvalue weighted by Gasteiger charge is 2.48. The fourth-order valence-corrected chi connectivity index (χ4v) is 4.54. The maximum absolute atomic E-state index is 14.2. The molecule has 4 rings (SSSR count). The predicted octanol–water partition coefficient (Wildman–Crippen LogP) is 4.59. The number of fused-ring (bicyclic) bond motifs is 1. The number of nitrogens with one attached hydrogen (secondary N) is 1. The van der Waals surface area contributed by atoms with Crippen molar-refractivity contribution in [3.05, 3.63) is 65.1 Å². The van der Waals surface area contributed by atoms with Crippen LogP contribution in [0.15, 0.2) is 42.6 Å². The van der Waals surface area contributed by atoms with E-state index in [2.05, 4.69) is 5.10 Å². The van der Waals surface area contributed by atoms with Gasteiger partial charge in [-0.1, -0.05) is 24.3 Å². The first-order valence-corrected chi connectivity index (χ1v) is 9.33. The molecule has 8 heteroatoms. The third-order valence-electron chi connectivity index (χ3n) is 6.05. The molecule has 1 heterocycles. The average Bonchev–Trinajstić information content (AvgIpc) is 3.34. The van der Waals surface area contributed by atoms with Gasteiger partial charge in [0, 0.05) is 11.6 Å². The minimum atomic E-state index is -2.71. The Morgan fingerprint density at radius 3 is 2.86 bits per heavy atom. The van der Waals surface area contributed by atoms with Gasteiger partial charge in [0.2, 0.25) is 0 Å². The summed E-state index contributed by atoms with van der Waals surface area (Å²) in [4.78, 5) is 12.7. The van der Waals surface area contributed by atoms with Crippen LogP contribution in [0.2, 0.25) is 0 Å². The summed E-state index contributed by atoms with van der Waals surface area (Å²) >= 11 is 0. The van der Waals surface area contributed by atoms with E-state index in [1.165, 1.54) is 12.3 Å². The molecule has 0 radical (unpaired) electrons. The third-order valence-corrected chi connectivity index (χ3v) is 6.05. The second kappa shape index (κ2) is 7.18. The van der Waals surface area contributed by atoms with Gasteiger partial charge < -0.3 is 0 Å². The van der Waals surface area contributed by atoms with Gasteiger partial charge in [0.1, 0.15) is 5.82 Å². The van der Waals surface area contributed by atoms with Gasteiger partial charge in [0.05, 0.1) is 10.9 Å². The summed E-state index contributed by atoms with van der Waals surface area (Å²) in [7, 11) is 0. The number of benzene rings is 2. The van der Waals surface area contributed by atoms with E-state index in [4.69, 9.17) is 0 Å². The lowest BCUT2D eigenvalue weighted by Gasteiger charge is -2.29. The minimum Gasteiger partial charge on any atom is -0.289 e. The van der Waals surface area contributed by atoms with Crippen molar-refractivity contribution in [1.29, 1.82) is 0 Å². The molecule has 5 nitrogen and oxygen atoms in total. The fraction of sp³-hybridized carbons (Fsp3) is 0.333.